The number of unbranched alkanes of at least 4 members (excludes halogenated alkanes) is 3. The summed E-state index contributed by atoms with van der Waals surface area (Å²) < 4.78 is 2.05. The van der Waals surface area contributed by atoms with E-state index in [-0.39, 0.29) is 24.0 Å². The molecule has 26 heavy (non-hydrogen) atoms. The molecule has 0 aliphatic heterocycles. The molecule has 0 fully saturated rings. The van der Waals surface area contributed by atoms with Gasteiger partial charge in [-0.15, -0.1) is 34.2 Å². The number of aryl methyl sites for hydroxylation is 1. The van der Waals surface area contributed by atoms with Gasteiger partial charge in [0, 0.05) is 32.3 Å². The van der Waals surface area contributed by atoms with Crippen LogP contribution >= 0.6 is 24.0 Å². The Hall–Kier alpha value is -1.38. The molecule has 0 bridgehead atoms. The first kappa shape index (κ1) is 22.7. The van der Waals surface area contributed by atoms with Gasteiger partial charge in [-0.3, -0.25) is 9.39 Å². The van der Waals surface area contributed by atoms with Crippen molar-refractivity contribution in [2.45, 2.75) is 64.8 Å². The number of nitrogens with one attached hydrogen (secondary N) is 2. The Kier molecular flexibility index (Phi) is 11.2. The fourth-order valence-corrected chi connectivity index (χ4v) is 2.89. The molecule has 1 atom stereocenters. The highest BCUT2D eigenvalue weighted by Crippen LogP contribution is 2.06. The van der Waals surface area contributed by atoms with Crippen LogP contribution in [0.3, 0.4) is 0 Å². The molecule has 2 aromatic heterocycles. The van der Waals surface area contributed by atoms with Gasteiger partial charge in [-0.1, -0.05) is 38.7 Å². The minimum atomic E-state index is 0. The summed E-state index contributed by atoms with van der Waals surface area (Å²) in [6, 6.07) is 6.41. The van der Waals surface area contributed by atoms with Crippen molar-refractivity contribution in [2.24, 2.45) is 4.99 Å². The van der Waals surface area contributed by atoms with Crippen molar-refractivity contribution in [2.75, 3.05) is 13.6 Å². The first-order chi connectivity index (χ1) is 12.2. The molecule has 0 amide bonds. The molecule has 2 N–H and O–H groups in total. The molecule has 0 spiro atoms. The summed E-state index contributed by atoms with van der Waals surface area (Å²) in [6.45, 7) is 5.33. The van der Waals surface area contributed by atoms with E-state index in [1.807, 2.05) is 35.8 Å². The average Bonchev–Trinajstić information content (AvgIpc) is 3.04. The smallest absolute Gasteiger partial charge is 0.191 e. The van der Waals surface area contributed by atoms with Crippen molar-refractivity contribution in [1.29, 1.82) is 0 Å². The second kappa shape index (κ2) is 12.9. The molecule has 2 aromatic rings. The third-order valence-corrected chi connectivity index (χ3v) is 4.35. The van der Waals surface area contributed by atoms with Crippen LogP contribution in [0.2, 0.25) is 0 Å². The summed E-state index contributed by atoms with van der Waals surface area (Å²) in [5, 5.41) is 15.3. The SMILES string of the molecule is CCCCCCC(C)NC(=NC)NCCCc1nnc2ccccn12.I. The fourth-order valence-electron chi connectivity index (χ4n) is 2.89. The van der Waals surface area contributed by atoms with Crippen LogP contribution in [0.4, 0.5) is 0 Å². The normalized spacial score (nSPS) is 12.7. The van der Waals surface area contributed by atoms with Crippen LogP contribution < -0.4 is 10.6 Å². The largest absolute Gasteiger partial charge is 0.356 e. The van der Waals surface area contributed by atoms with Crippen LogP contribution in [-0.4, -0.2) is 40.2 Å². The molecular weight excluding hydrogens is 439 g/mol. The number of nitrogens with zero attached hydrogens (tertiary/aromatic N) is 4. The highest BCUT2D eigenvalue weighted by molar-refractivity contribution is 14.0. The van der Waals surface area contributed by atoms with Gasteiger partial charge in [0.1, 0.15) is 5.82 Å². The lowest BCUT2D eigenvalue weighted by atomic mass is 10.1. The lowest BCUT2D eigenvalue weighted by Gasteiger charge is -2.17. The number of hydrogen-bond acceptors (Lipinski definition) is 3. The van der Waals surface area contributed by atoms with Crippen molar-refractivity contribution < 1.29 is 0 Å². The van der Waals surface area contributed by atoms with Crippen molar-refractivity contribution in [3.05, 3.63) is 30.2 Å². The van der Waals surface area contributed by atoms with Gasteiger partial charge < -0.3 is 10.6 Å². The Morgan fingerprint density at radius 2 is 2.04 bits per heavy atom. The quantitative estimate of drug-likeness (QED) is 0.239. The predicted molar refractivity (Wildman–Crippen MR) is 119 cm³/mol. The van der Waals surface area contributed by atoms with Gasteiger partial charge in [0.25, 0.3) is 0 Å². The van der Waals surface area contributed by atoms with Crippen LogP contribution in [0, 0.1) is 0 Å². The first-order valence-corrected chi connectivity index (χ1v) is 9.50. The Balaban J connectivity index is 0.00000338. The molecule has 0 radical (unpaired) electrons. The molecule has 0 aliphatic carbocycles. The molecule has 146 valence electrons. The maximum absolute atomic E-state index is 4.32. The Morgan fingerprint density at radius 1 is 1.19 bits per heavy atom. The molecular formula is C19H33IN6. The van der Waals surface area contributed by atoms with E-state index in [4.69, 9.17) is 0 Å². The summed E-state index contributed by atoms with van der Waals surface area (Å²) in [7, 11) is 1.82. The standard InChI is InChI=1S/C19H32N6.HI/c1-4-5-6-7-11-16(2)22-19(20-3)21-14-10-13-18-24-23-17-12-8-9-15-25(17)18;/h8-9,12,15-16H,4-7,10-11,13-14H2,1-3H3,(H2,20,21,22);1H. The van der Waals surface area contributed by atoms with E-state index in [1.54, 1.807) is 0 Å². The molecule has 7 heteroatoms. The maximum Gasteiger partial charge on any atom is 0.191 e. The van der Waals surface area contributed by atoms with Crippen LogP contribution in [-0.2, 0) is 6.42 Å². The number of aliphatic imine (C=N–C) groups is 1. The Labute approximate surface area is 174 Å². The van der Waals surface area contributed by atoms with E-state index in [2.05, 4.69) is 39.7 Å². The monoisotopic (exact) mass is 472 g/mol. The van der Waals surface area contributed by atoms with E-state index in [0.29, 0.717) is 6.04 Å². The van der Waals surface area contributed by atoms with Crippen LogP contribution in [0.1, 0.15) is 58.2 Å². The number of halogens is 1. The summed E-state index contributed by atoms with van der Waals surface area (Å²) in [5.41, 5.74) is 0.903. The summed E-state index contributed by atoms with van der Waals surface area (Å²) in [4.78, 5) is 4.32. The molecule has 0 saturated carbocycles. The number of hydrogen-bond donors (Lipinski definition) is 2. The Bertz CT molecular complexity index is 654. The fraction of sp³-hybridized carbons (Fsp3) is 0.632. The molecule has 1 unspecified atom stereocenters. The summed E-state index contributed by atoms with van der Waals surface area (Å²) >= 11 is 0. The lowest BCUT2D eigenvalue weighted by Crippen LogP contribution is -2.42. The predicted octanol–water partition coefficient (Wildman–Crippen LogP) is 3.80. The third-order valence-electron chi connectivity index (χ3n) is 4.35. The van der Waals surface area contributed by atoms with E-state index in [0.717, 1.165) is 36.8 Å². The van der Waals surface area contributed by atoms with E-state index < -0.39 is 0 Å². The molecule has 2 heterocycles. The Morgan fingerprint density at radius 3 is 2.81 bits per heavy atom. The van der Waals surface area contributed by atoms with E-state index in [9.17, 15) is 0 Å². The van der Waals surface area contributed by atoms with Crippen molar-refractivity contribution in [1.82, 2.24) is 25.2 Å². The van der Waals surface area contributed by atoms with Crippen molar-refractivity contribution in [3.8, 4) is 0 Å². The van der Waals surface area contributed by atoms with Gasteiger partial charge in [-0.2, -0.15) is 0 Å². The summed E-state index contributed by atoms with van der Waals surface area (Å²) in [6.07, 6.45) is 10.3. The second-order valence-electron chi connectivity index (χ2n) is 6.54. The number of guanidine groups is 1. The summed E-state index contributed by atoms with van der Waals surface area (Å²) in [5.74, 6) is 1.89. The van der Waals surface area contributed by atoms with E-state index >= 15 is 0 Å². The zero-order valence-corrected chi connectivity index (χ0v) is 18.6. The first-order valence-electron chi connectivity index (χ1n) is 9.50. The van der Waals surface area contributed by atoms with E-state index in [1.165, 1.54) is 32.1 Å². The maximum atomic E-state index is 4.32. The number of pyridine rings is 1. The topological polar surface area (TPSA) is 66.6 Å². The molecule has 0 saturated heterocycles. The zero-order chi connectivity index (χ0) is 17.9. The number of rotatable bonds is 10. The molecule has 2 rings (SSSR count). The number of fused-ring (bicyclic) bond motifs is 1. The van der Waals surface area contributed by atoms with Crippen molar-refractivity contribution in [3.63, 3.8) is 0 Å². The number of aromatic nitrogens is 3. The zero-order valence-electron chi connectivity index (χ0n) is 16.2. The minimum Gasteiger partial charge on any atom is -0.356 e. The molecule has 6 nitrogen and oxygen atoms in total. The highest BCUT2D eigenvalue weighted by atomic mass is 127. The minimum absolute atomic E-state index is 0. The second-order valence-corrected chi connectivity index (χ2v) is 6.54. The molecule has 0 aliphatic rings. The van der Waals surface area contributed by atoms with Gasteiger partial charge in [-0.05, 0) is 31.9 Å². The van der Waals surface area contributed by atoms with Crippen molar-refractivity contribution >= 4 is 35.6 Å². The van der Waals surface area contributed by atoms with Crippen LogP contribution in [0.15, 0.2) is 29.4 Å². The lowest BCUT2D eigenvalue weighted by molar-refractivity contribution is 0.536. The van der Waals surface area contributed by atoms with Gasteiger partial charge in [0.05, 0.1) is 0 Å². The highest BCUT2D eigenvalue weighted by Gasteiger charge is 2.06. The van der Waals surface area contributed by atoms with Gasteiger partial charge in [-0.25, -0.2) is 0 Å². The van der Waals surface area contributed by atoms with Gasteiger partial charge in [0.15, 0.2) is 11.6 Å². The van der Waals surface area contributed by atoms with Crippen LogP contribution in [0.25, 0.3) is 5.65 Å². The van der Waals surface area contributed by atoms with Gasteiger partial charge in [0.2, 0.25) is 0 Å². The third kappa shape index (κ3) is 7.47. The van der Waals surface area contributed by atoms with Crippen LogP contribution in [0.5, 0.6) is 0 Å². The molecule has 0 aromatic carbocycles. The average molecular weight is 472 g/mol. The van der Waals surface area contributed by atoms with Gasteiger partial charge >= 0.3 is 0 Å².